The van der Waals surface area contributed by atoms with Crippen molar-refractivity contribution in [1.29, 1.82) is 0 Å². The highest BCUT2D eigenvalue weighted by molar-refractivity contribution is 7.48. The van der Waals surface area contributed by atoms with E-state index in [2.05, 4.69) is 113 Å². The van der Waals surface area contributed by atoms with Gasteiger partial charge in [-0.15, -0.1) is 0 Å². The minimum Gasteiger partial charge on any atom is -0.489 e. The summed E-state index contributed by atoms with van der Waals surface area (Å²) in [6, 6.07) is 24.0. The van der Waals surface area contributed by atoms with Gasteiger partial charge in [-0.2, -0.15) is 0 Å². The topological polar surface area (TPSA) is 12.5 Å². The molecule has 0 heterocycles. The standard InChI is InChI=1S/C31H42NOP/c1-7-20-31(6,34-30-25(5)14-13-17-27(30)22-32(8-2)9-3)28-21-24(4)18-19-29(28)33-23-26-15-11-10-12-16-26/h10-19,21,34H,7-9,20,22-23H2,1-6H3. The fraction of sp³-hybridized carbons (Fsp3) is 0.419. The molecule has 3 rings (SSSR count). The maximum absolute atomic E-state index is 6.46. The maximum Gasteiger partial charge on any atom is 0.123 e. The van der Waals surface area contributed by atoms with E-state index in [1.165, 1.54) is 33.1 Å². The zero-order valence-corrected chi connectivity index (χ0v) is 22.9. The van der Waals surface area contributed by atoms with E-state index in [1.807, 2.05) is 0 Å². The summed E-state index contributed by atoms with van der Waals surface area (Å²) < 4.78 is 6.46. The van der Waals surface area contributed by atoms with Crippen LogP contribution in [0, 0.1) is 13.8 Å². The van der Waals surface area contributed by atoms with Gasteiger partial charge in [0, 0.05) is 17.3 Å². The highest BCUT2D eigenvalue weighted by Gasteiger charge is 2.31. The minimum atomic E-state index is 0.0247. The van der Waals surface area contributed by atoms with Crippen LogP contribution in [0.5, 0.6) is 5.75 Å². The first-order valence-corrected chi connectivity index (χ1v) is 13.8. The fourth-order valence-corrected chi connectivity index (χ4v) is 6.56. The molecule has 3 heteroatoms. The van der Waals surface area contributed by atoms with E-state index in [1.54, 1.807) is 0 Å². The fourth-order valence-electron chi connectivity index (χ4n) is 4.70. The molecule has 0 saturated heterocycles. The zero-order valence-electron chi connectivity index (χ0n) is 21.9. The van der Waals surface area contributed by atoms with Crippen LogP contribution in [0.3, 0.4) is 0 Å². The van der Waals surface area contributed by atoms with Gasteiger partial charge in [-0.05, 0) is 61.4 Å². The van der Waals surface area contributed by atoms with E-state index in [9.17, 15) is 0 Å². The van der Waals surface area contributed by atoms with E-state index in [0.29, 0.717) is 15.2 Å². The second kappa shape index (κ2) is 12.5. The molecule has 0 amide bonds. The van der Waals surface area contributed by atoms with Crippen molar-refractivity contribution in [2.75, 3.05) is 13.1 Å². The molecular weight excluding hydrogens is 433 g/mol. The number of nitrogens with zero attached hydrogens (tertiary/aromatic N) is 1. The second-order valence-electron chi connectivity index (χ2n) is 9.55. The van der Waals surface area contributed by atoms with Crippen LogP contribution in [0.15, 0.2) is 66.7 Å². The van der Waals surface area contributed by atoms with Crippen molar-refractivity contribution < 1.29 is 4.74 Å². The molecule has 34 heavy (non-hydrogen) atoms. The highest BCUT2D eigenvalue weighted by Crippen LogP contribution is 2.49. The number of hydrogen-bond donors (Lipinski definition) is 0. The van der Waals surface area contributed by atoms with E-state index in [0.717, 1.165) is 38.2 Å². The Labute approximate surface area is 209 Å². The molecule has 2 unspecified atom stereocenters. The van der Waals surface area contributed by atoms with Gasteiger partial charge in [-0.25, -0.2) is 0 Å². The van der Waals surface area contributed by atoms with Crippen LogP contribution in [0.2, 0.25) is 0 Å². The van der Waals surface area contributed by atoms with Gasteiger partial charge in [0.25, 0.3) is 0 Å². The Hall–Kier alpha value is -2.15. The molecule has 0 aromatic heterocycles. The predicted molar refractivity (Wildman–Crippen MR) is 150 cm³/mol. The van der Waals surface area contributed by atoms with Crippen LogP contribution < -0.4 is 10.0 Å². The largest absolute Gasteiger partial charge is 0.489 e. The summed E-state index contributed by atoms with van der Waals surface area (Å²) in [7, 11) is 0.690. The lowest BCUT2D eigenvalue weighted by Crippen LogP contribution is -2.28. The lowest BCUT2D eigenvalue weighted by Gasteiger charge is -2.34. The lowest BCUT2D eigenvalue weighted by atomic mass is 9.93. The van der Waals surface area contributed by atoms with Gasteiger partial charge in [0.2, 0.25) is 0 Å². The van der Waals surface area contributed by atoms with Crippen molar-refractivity contribution in [1.82, 2.24) is 4.90 Å². The molecule has 0 bridgehead atoms. The third-order valence-electron chi connectivity index (χ3n) is 6.77. The number of benzene rings is 3. The Morgan fingerprint density at radius 1 is 0.882 bits per heavy atom. The highest BCUT2D eigenvalue weighted by atomic mass is 31.1. The Bertz CT molecular complexity index is 1040. The van der Waals surface area contributed by atoms with Crippen molar-refractivity contribution >= 4 is 13.9 Å². The van der Waals surface area contributed by atoms with Gasteiger partial charge in [-0.3, -0.25) is 4.90 Å². The van der Waals surface area contributed by atoms with Gasteiger partial charge in [-0.1, -0.05) is 109 Å². The van der Waals surface area contributed by atoms with Crippen molar-refractivity contribution in [3.63, 3.8) is 0 Å². The zero-order chi connectivity index (χ0) is 24.6. The predicted octanol–water partition coefficient (Wildman–Crippen LogP) is 7.74. The Balaban J connectivity index is 1.99. The molecule has 0 saturated carbocycles. The molecule has 0 aliphatic rings. The molecule has 0 N–H and O–H groups in total. The van der Waals surface area contributed by atoms with E-state index in [4.69, 9.17) is 4.74 Å². The van der Waals surface area contributed by atoms with Gasteiger partial charge < -0.3 is 4.74 Å². The molecular formula is C31H42NOP. The quantitative estimate of drug-likeness (QED) is 0.248. The van der Waals surface area contributed by atoms with Gasteiger partial charge in [0.15, 0.2) is 0 Å². The van der Waals surface area contributed by atoms with E-state index < -0.39 is 0 Å². The molecule has 0 fully saturated rings. The van der Waals surface area contributed by atoms with Gasteiger partial charge in [0.05, 0.1) is 0 Å². The first-order valence-electron chi connectivity index (χ1n) is 12.8. The number of aryl methyl sites for hydroxylation is 2. The summed E-state index contributed by atoms with van der Waals surface area (Å²) in [6.07, 6.45) is 2.28. The second-order valence-corrected chi connectivity index (χ2v) is 11.4. The Kier molecular flexibility index (Phi) is 9.74. The van der Waals surface area contributed by atoms with Gasteiger partial charge in [0.1, 0.15) is 12.4 Å². The number of hydrogen-bond acceptors (Lipinski definition) is 2. The van der Waals surface area contributed by atoms with E-state index >= 15 is 0 Å². The minimum absolute atomic E-state index is 0.0247. The molecule has 3 aromatic carbocycles. The first kappa shape index (κ1) is 26.5. The number of rotatable bonds is 12. The summed E-state index contributed by atoms with van der Waals surface area (Å²) in [5.41, 5.74) is 6.73. The lowest BCUT2D eigenvalue weighted by molar-refractivity contribution is 0.296. The smallest absolute Gasteiger partial charge is 0.123 e. The third-order valence-corrected chi connectivity index (χ3v) is 8.80. The van der Waals surface area contributed by atoms with Crippen LogP contribution in [-0.2, 0) is 18.3 Å². The van der Waals surface area contributed by atoms with Crippen LogP contribution in [0.4, 0.5) is 0 Å². The summed E-state index contributed by atoms with van der Waals surface area (Å²) in [6.45, 7) is 17.5. The molecule has 0 spiro atoms. The summed E-state index contributed by atoms with van der Waals surface area (Å²) in [5, 5.41) is 1.55. The van der Waals surface area contributed by atoms with Crippen molar-refractivity contribution in [2.24, 2.45) is 0 Å². The molecule has 2 nitrogen and oxygen atoms in total. The SMILES string of the molecule is CCCC(C)(Pc1c(C)cccc1CN(CC)CC)c1cc(C)ccc1OCc1ccccc1. The van der Waals surface area contributed by atoms with Crippen LogP contribution >= 0.6 is 8.58 Å². The van der Waals surface area contributed by atoms with Crippen LogP contribution in [0.25, 0.3) is 0 Å². The van der Waals surface area contributed by atoms with Crippen LogP contribution in [-0.4, -0.2) is 18.0 Å². The van der Waals surface area contributed by atoms with Gasteiger partial charge >= 0.3 is 0 Å². The molecule has 0 aliphatic carbocycles. The average Bonchev–Trinajstić information content (AvgIpc) is 2.84. The monoisotopic (exact) mass is 475 g/mol. The molecule has 0 aliphatic heterocycles. The van der Waals surface area contributed by atoms with Crippen molar-refractivity contribution in [3.8, 4) is 5.75 Å². The maximum atomic E-state index is 6.46. The van der Waals surface area contributed by atoms with E-state index in [-0.39, 0.29) is 5.16 Å². The molecule has 182 valence electrons. The summed E-state index contributed by atoms with van der Waals surface area (Å²) >= 11 is 0. The summed E-state index contributed by atoms with van der Waals surface area (Å²) in [4.78, 5) is 2.51. The normalized spacial score (nSPS) is 13.5. The average molecular weight is 476 g/mol. The molecule has 2 atom stereocenters. The third kappa shape index (κ3) is 6.71. The molecule has 3 aromatic rings. The molecule has 0 radical (unpaired) electrons. The Morgan fingerprint density at radius 3 is 2.29 bits per heavy atom. The first-order chi connectivity index (χ1) is 16.4. The van der Waals surface area contributed by atoms with Crippen molar-refractivity contribution in [2.45, 2.75) is 72.7 Å². The number of ether oxygens (including phenoxy) is 1. The van der Waals surface area contributed by atoms with Crippen molar-refractivity contribution in [3.05, 3.63) is 94.5 Å². The van der Waals surface area contributed by atoms with Crippen LogP contribution in [0.1, 0.15) is 68.4 Å². The Morgan fingerprint density at radius 2 is 1.62 bits per heavy atom. The summed E-state index contributed by atoms with van der Waals surface area (Å²) in [5.74, 6) is 1.02.